The Morgan fingerprint density at radius 1 is 1.33 bits per heavy atom. The van der Waals surface area contributed by atoms with E-state index >= 15 is 0 Å². The number of para-hydroxylation sites is 2. The van der Waals surface area contributed by atoms with Gasteiger partial charge in [0.2, 0.25) is 0 Å². The maximum absolute atomic E-state index is 9.58. The summed E-state index contributed by atoms with van der Waals surface area (Å²) in [5, 5.41) is 9.58. The minimum atomic E-state index is -0.749. The average Bonchev–Trinajstić information content (AvgIpc) is 2.22. The Bertz CT molecular complexity index is 289. The average molecular weight is 209 g/mol. The molecule has 0 aliphatic heterocycles. The summed E-state index contributed by atoms with van der Waals surface area (Å²) in [6.07, 6.45) is 3.14. The molecule has 1 aromatic rings. The smallest absolute Gasteiger partial charge is 0.197 e. The minimum Gasteiger partial charge on any atom is -0.463 e. The maximum Gasteiger partial charge on any atom is 0.197 e. The Kier molecular flexibility index (Phi) is 4.98. The van der Waals surface area contributed by atoms with Gasteiger partial charge in [-0.25, -0.2) is 0 Å². The van der Waals surface area contributed by atoms with Crippen LogP contribution in [-0.2, 0) is 0 Å². The van der Waals surface area contributed by atoms with E-state index in [1.807, 2.05) is 12.1 Å². The van der Waals surface area contributed by atoms with Crippen molar-refractivity contribution in [3.63, 3.8) is 0 Å². The van der Waals surface area contributed by atoms with E-state index in [0.29, 0.717) is 17.9 Å². The number of nitrogens with two attached hydrogens (primary N) is 1. The van der Waals surface area contributed by atoms with Crippen molar-refractivity contribution in [2.45, 2.75) is 38.9 Å². The standard InChI is InChI=1S/C12H19NO2/c1-2-3-4-9-12(14)15-11-8-6-5-7-10(11)13/h5-8,12,14H,2-4,9,13H2,1H3. The molecule has 84 valence electrons. The zero-order valence-electron chi connectivity index (χ0n) is 9.15. The van der Waals surface area contributed by atoms with Gasteiger partial charge in [-0.15, -0.1) is 0 Å². The molecule has 1 unspecified atom stereocenters. The van der Waals surface area contributed by atoms with Crippen LogP contribution in [-0.4, -0.2) is 11.4 Å². The van der Waals surface area contributed by atoms with Crippen LogP contribution < -0.4 is 10.5 Å². The monoisotopic (exact) mass is 209 g/mol. The van der Waals surface area contributed by atoms with Gasteiger partial charge in [0.25, 0.3) is 0 Å². The lowest BCUT2D eigenvalue weighted by molar-refractivity contribution is -0.0240. The highest BCUT2D eigenvalue weighted by atomic mass is 16.6. The first-order valence-electron chi connectivity index (χ1n) is 5.43. The van der Waals surface area contributed by atoms with Gasteiger partial charge in [0.15, 0.2) is 6.29 Å². The van der Waals surface area contributed by atoms with Crippen LogP contribution in [0, 0.1) is 0 Å². The zero-order valence-corrected chi connectivity index (χ0v) is 9.15. The van der Waals surface area contributed by atoms with Gasteiger partial charge in [-0.3, -0.25) is 0 Å². The van der Waals surface area contributed by atoms with Crippen LogP contribution in [0.3, 0.4) is 0 Å². The zero-order chi connectivity index (χ0) is 11.1. The predicted molar refractivity (Wildman–Crippen MR) is 61.6 cm³/mol. The van der Waals surface area contributed by atoms with E-state index in [1.54, 1.807) is 12.1 Å². The normalized spacial score (nSPS) is 12.4. The van der Waals surface area contributed by atoms with Crippen LogP contribution in [0.15, 0.2) is 24.3 Å². The predicted octanol–water partition coefficient (Wildman–Crippen LogP) is 2.55. The van der Waals surface area contributed by atoms with Crippen molar-refractivity contribution in [3.05, 3.63) is 24.3 Å². The van der Waals surface area contributed by atoms with Gasteiger partial charge in [-0.05, 0) is 18.6 Å². The third-order valence-corrected chi connectivity index (χ3v) is 2.24. The van der Waals surface area contributed by atoms with Gasteiger partial charge in [0.1, 0.15) is 5.75 Å². The Hall–Kier alpha value is -1.22. The minimum absolute atomic E-state index is 0.557. The molecule has 0 spiro atoms. The summed E-state index contributed by atoms with van der Waals surface area (Å²) in [6, 6.07) is 7.20. The third-order valence-electron chi connectivity index (χ3n) is 2.24. The van der Waals surface area contributed by atoms with Gasteiger partial charge < -0.3 is 15.6 Å². The summed E-state index contributed by atoms with van der Waals surface area (Å²) in [5.74, 6) is 0.557. The second kappa shape index (κ2) is 6.30. The van der Waals surface area contributed by atoms with Crippen molar-refractivity contribution >= 4 is 5.69 Å². The van der Waals surface area contributed by atoms with Gasteiger partial charge in [-0.2, -0.15) is 0 Å². The van der Waals surface area contributed by atoms with Crippen LogP contribution in [0.2, 0.25) is 0 Å². The van der Waals surface area contributed by atoms with Gasteiger partial charge in [-0.1, -0.05) is 31.9 Å². The van der Waals surface area contributed by atoms with Crippen molar-refractivity contribution in [2.75, 3.05) is 5.73 Å². The highest BCUT2D eigenvalue weighted by Crippen LogP contribution is 2.21. The van der Waals surface area contributed by atoms with Crippen LogP contribution in [0.4, 0.5) is 5.69 Å². The molecular weight excluding hydrogens is 190 g/mol. The summed E-state index contributed by atoms with van der Waals surface area (Å²) < 4.78 is 5.32. The van der Waals surface area contributed by atoms with E-state index in [-0.39, 0.29) is 0 Å². The number of nitrogen functional groups attached to an aromatic ring is 1. The van der Waals surface area contributed by atoms with E-state index < -0.39 is 6.29 Å². The number of anilines is 1. The molecule has 15 heavy (non-hydrogen) atoms. The molecule has 0 radical (unpaired) electrons. The molecule has 1 aromatic carbocycles. The van der Waals surface area contributed by atoms with Gasteiger partial charge >= 0.3 is 0 Å². The lowest BCUT2D eigenvalue weighted by Crippen LogP contribution is -2.15. The number of aliphatic hydroxyl groups excluding tert-OH is 1. The van der Waals surface area contributed by atoms with E-state index in [4.69, 9.17) is 10.5 Å². The lowest BCUT2D eigenvalue weighted by Gasteiger charge is -2.14. The van der Waals surface area contributed by atoms with Crippen LogP contribution >= 0.6 is 0 Å². The highest BCUT2D eigenvalue weighted by molar-refractivity contribution is 5.51. The Labute approximate surface area is 90.9 Å². The highest BCUT2D eigenvalue weighted by Gasteiger charge is 2.06. The molecule has 1 atom stereocenters. The Morgan fingerprint density at radius 3 is 2.73 bits per heavy atom. The third kappa shape index (κ3) is 4.21. The number of benzene rings is 1. The second-order valence-electron chi connectivity index (χ2n) is 3.61. The molecule has 0 saturated heterocycles. The fourth-order valence-electron chi connectivity index (χ4n) is 1.36. The molecule has 1 rings (SSSR count). The number of unbranched alkanes of at least 4 members (excludes halogenated alkanes) is 2. The summed E-state index contributed by atoms with van der Waals surface area (Å²) >= 11 is 0. The van der Waals surface area contributed by atoms with E-state index in [9.17, 15) is 5.11 Å². The Morgan fingerprint density at radius 2 is 2.07 bits per heavy atom. The molecule has 0 saturated carbocycles. The summed E-state index contributed by atoms with van der Waals surface area (Å²) in [4.78, 5) is 0. The first-order chi connectivity index (χ1) is 7.24. The molecular formula is C12H19NO2. The second-order valence-corrected chi connectivity index (χ2v) is 3.61. The number of ether oxygens (including phenoxy) is 1. The summed E-state index contributed by atoms with van der Waals surface area (Å²) in [7, 11) is 0. The number of hydrogen-bond acceptors (Lipinski definition) is 3. The van der Waals surface area contributed by atoms with Gasteiger partial charge in [0.05, 0.1) is 5.69 Å². The summed E-state index contributed by atoms with van der Waals surface area (Å²) in [6.45, 7) is 2.13. The molecule has 3 N–H and O–H groups in total. The summed E-state index contributed by atoms with van der Waals surface area (Å²) in [5.41, 5.74) is 6.25. The molecule has 0 aliphatic carbocycles. The molecule has 0 amide bonds. The number of aliphatic hydroxyl groups is 1. The molecule has 3 nitrogen and oxygen atoms in total. The molecule has 0 aromatic heterocycles. The molecule has 0 heterocycles. The lowest BCUT2D eigenvalue weighted by atomic mass is 10.2. The molecule has 0 fully saturated rings. The van der Waals surface area contributed by atoms with Crippen molar-refractivity contribution in [1.29, 1.82) is 0 Å². The van der Waals surface area contributed by atoms with Crippen LogP contribution in [0.1, 0.15) is 32.6 Å². The Balaban J connectivity index is 2.37. The van der Waals surface area contributed by atoms with Crippen LogP contribution in [0.5, 0.6) is 5.75 Å². The first kappa shape index (κ1) is 11.9. The number of rotatable bonds is 6. The fourth-order valence-corrected chi connectivity index (χ4v) is 1.36. The fraction of sp³-hybridized carbons (Fsp3) is 0.500. The van der Waals surface area contributed by atoms with E-state index in [2.05, 4.69) is 6.92 Å². The molecule has 0 bridgehead atoms. The van der Waals surface area contributed by atoms with E-state index in [1.165, 1.54) is 0 Å². The SMILES string of the molecule is CCCCCC(O)Oc1ccccc1N. The largest absolute Gasteiger partial charge is 0.463 e. The van der Waals surface area contributed by atoms with Crippen molar-refractivity contribution in [1.82, 2.24) is 0 Å². The van der Waals surface area contributed by atoms with Crippen molar-refractivity contribution in [2.24, 2.45) is 0 Å². The number of hydrogen-bond donors (Lipinski definition) is 2. The molecule has 0 aliphatic rings. The topological polar surface area (TPSA) is 55.5 Å². The van der Waals surface area contributed by atoms with Gasteiger partial charge in [0, 0.05) is 6.42 Å². The maximum atomic E-state index is 9.58. The van der Waals surface area contributed by atoms with E-state index in [0.717, 1.165) is 19.3 Å². The van der Waals surface area contributed by atoms with Crippen molar-refractivity contribution < 1.29 is 9.84 Å². The van der Waals surface area contributed by atoms with Crippen LogP contribution in [0.25, 0.3) is 0 Å². The quantitative estimate of drug-likeness (QED) is 0.430. The van der Waals surface area contributed by atoms with Crippen molar-refractivity contribution in [3.8, 4) is 5.75 Å². The molecule has 3 heteroatoms. The first-order valence-corrected chi connectivity index (χ1v) is 5.43.